The van der Waals surface area contributed by atoms with Crippen LogP contribution in [0.15, 0.2) is 35.3 Å². The molecule has 1 heterocycles. The van der Waals surface area contributed by atoms with Gasteiger partial charge in [0.2, 0.25) is 5.91 Å². The number of hydrogen-bond donors (Lipinski definition) is 2. The first kappa shape index (κ1) is 28.6. The summed E-state index contributed by atoms with van der Waals surface area (Å²) in [5, 5.41) is 6.72. The summed E-state index contributed by atoms with van der Waals surface area (Å²) in [7, 11) is 3.49. The highest BCUT2D eigenvalue weighted by Crippen LogP contribution is 2.03. The number of halogens is 1. The van der Waals surface area contributed by atoms with Crippen LogP contribution in [0.5, 0.6) is 0 Å². The van der Waals surface area contributed by atoms with E-state index in [4.69, 9.17) is 9.47 Å². The summed E-state index contributed by atoms with van der Waals surface area (Å²) >= 11 is 0. The number of ether oxygens (including phenoxy) is 2. The number of amides is 1. The Labute approximate surface area is 210 Å². The fourth-order valence-corrected chi connectivity index (χ4v) is 3.08. The third-order valence-corrected chi connectivity index (χ3v) is 5.05. The maximum absolute atomic E-state index is 11.9. The third-order valence-electron chi connectivity index (χ3n) is 5.05. The lowest BCUT2D eigenvalue weighted by atomic mass is 10.2. The molecule has 32 heavy (non-hydrogen) atoms. The molecule has 1 saturated heterocycles. The van der Waals surface area contributed by atoms with E-state index in [1.807, 2.05) is 18.2 Å². The average Bonchev–Trinajstić information content (AvgIpc) is 2.79. The minimum absolute atomic E-state index is 0. The summed E-state index contributed by atoms with van der Waals surface area (Å²) in [6, 6.07) is 10.2. The van der Waals surface area contributed by atoms with Crippen molar-refractivity contribution in [2.45, 2.75) is 20.0 Å². The zero-order chi connectivity index (χ0) is 22.3. The molecule has 1 aromatic rings. The number of morpholine rings is 1. The highest BCUT2D eigenvalue weighted by atomic mass is 127. The number of benzene rings is 1. The van der Waals surface area contributed by atoms with E-state index in [9.17, 15) is 4.79 Å². The first-order valence-electron chi connectivity index (χ1n) is 11.2. The number of nitrogens with zero attached hydrogens (tertiary/aromatic N) is 3. The molecule has 0 aromatic heterocycles. The van der Waals surface area contributed by atoms with Crippen LogP contribution in [0.4, 0.5) is 0 Å². The van der Waals surface area contributed by atoms with E-state index in [1.54, 1.807) is 19.0 Å². The first-order valence-corrected chi connectivity index (χ1v) is 11.2. The number of likely N-dealkylation sites (N-methyl/N-ethyl adjacent to an activating group) is 1. The second-order valence-electron chi connectivity index (χ2n) is 8.17. The molecule has 1 fully saturated rings. The second kappa shape index (κ2) is 17.1. The van der Waals surface area contributed by atoms with Crippen LogP contribution in [0, 0.1) is 5.92 Å². The van der Waals surface area contributed by atoms with Gasteiger partial charge in [-0.15, -0.1) is 24.0 Å². The molecular weight excluding hydrogens is 521 g/mol. The molecule has 2 N–H and O–H groups in total. The highest BCUT2D eigenvalue weighted by molar-refractivity contribution is 14.0. The van der Waals surface area contributed by atoms with Gasteiger partial charge in [0.25, 0.3) is 0 Å². The van der Waals surface area contributed by atoms with Gasteiger partial charge in [0.05, 0.1) is 26.4 Å². The predicted octanol–water partition coefficient (Wildman–Crippen LogP) is 1.80. The number of rotatable bonds is 12. The molecule has 0 aliphatic carbocycles. The van der Waals surface area contributed by atoms with Gasteiger partial charge in [0.15, 0.2) is 5.96 Å². The van der Waals surface area contributed by atoms with Crippen LogP contribution in [0.2, 0.25) is 0 Å². The van der Waals surface area contributed by atoms with Crippen molar-refractivity contribution in [1.82, 2.24) is 20.4 Å². The zero-order valence-corrected chi connectivity index (χ0v) is 22.0. The quantitative estimate of drug-likeness (QED) is 0.176. The van der Waals surface area contributed by atoms with Gasteiger partial charge in [-0.3, -0.25) is 9.69 Å². The van der Waals surface area contributed by atoms with Crippen LogP contribution in [0.25, 0.3) is 0 Å². The van der Waals surface area contributed by atoms with Gasteiger partial charge in [0.1, 0.15) is 6.54 Å². The number of guanidine groups is 1. The van der Waals surface area contributed by atoms with Crippen molar-refractivity contribution in [2.24, 2.45) is 10.9 Å². The Kier molecular flexibility index (Phi) is 15.3. The summed E-state index contributed by atoms with van der Waals surface area (Å²) in [4.78, 5) is 20.3. The molecule has 1 aliphatic rings. The predicted molar refractivity (Wildman–Crippen MR) is 140 cm³/mol. The zero-order valence-electron chi connectivity index (χ0n) is 19.7. The van der Waals surface area contributed by atoms with Crippen LogP contribution >= 0.6 is 24.0 Å². The largest absolute Gasteiger partial charge is 0.379 e. The summed E-state index contributed by atoms with van der Waals surface area (Å²) < 4.78 is 11.2. The fourth-order valence-electron chi connectivity index (χ4n) is 3.08. The summed E-state index contributed by atoms with van der Waals surface area (Å²) in [5.41, 5.74) is 1.18. The van der Waals surface area contributed by atoms with E-state index in [-0.39, 0.29) is 36.4 Å². The van der Waals surface area contributed by atoms with Crippen LogP contribution in [0.3, 0.4) is 0 Å². The molecule has 1 aromatic carbocycles. The van der Waals surface area contributed by atoms with E-state index in [2.05, 4.69) is 39.6 Å². The Morgan fingerprint density at radius 3 is 2.62 bits per heavy atom. The van der Waals surface area contributed by atoms with Crippen molar-refractivity contribution >= 4 is 35.8 Å². The summed E-state index contributed by atoms with van der Waals surface area (Å²) in [6.45, 7) is 9.73. The van der Waals surface area contributed by atoms with Crippen molar-refractivity contribution in [2.75, 3.05) is 73.2 Å². The number of carbonyl (C=O) groups is 1. The van der Waals surface area contributed by atoms with E-state index >= 15 is 0 Å². The van der Waals surface area contributed by atoms with E-state index < -0.39 is 0 Å². The lowest BCUT2D eigenvalue weighted by molar-refractivity contribution is -0.127. The number of hydrogen-bond acceptors (Lipinski definition) is 5. The SMILES string of the molecule is CC(CNC(=NCC(=O)N(C)C)NCCCN1CCOCC1)COCc1ccccc1.I. The molecule has 1 atom stereocenters. The Hall–Kier alpha value is -1.43. The van der Waals surface area contributed by atoms with Crippen LogP contribution < -0.4 is 10.6 Å². The molecule has 2 rings (SSSR count). The molecule has 0 radical (unpaired) electrons. The summed E-state index contributed by atoms with van der Waals surface area (Å²) in [5.74, 6) is 0.967. The Morgan fingerprint density at radius 2 is 1.94 bits per heavy atom. The van der Waals surface area contributed by atoms with Crippen molar-refractivity contribution in [1.29, 1.82) is 0 Å². The molecular formula is C23H40IN5O3. The van der Waals surface area contributed by atoms with Crippen LogP contribution in [-0.2, 0) is 20.9 Å². The van der Waals surface area contributed by atoms with Crippen LogP contribution in [0.1, 0.15) is 18.9 Å². The van der Waals surface area contributed by atoms with Gasteiger partial charge in [-0.25, -0.2) is 4.99 Å². The third kappa shape index (κ3) is 12.6. The second-order valence-corrected chi connectivity index (χ2v) is 8.17. The van der Waals surface area contributed by atoms with Gasteiger partial charge in [0, 0.05) is 40.3 Å². The Morgan fingerprint density at radius 1 is 1.22 bits per heavy atom. The minimum atomic E-state index is -0.0198. The molecule has 0 saturated carbocycles. The topological polar surface area (TPSA) is 78.4 Å². The standard InChI is InChI=1S/C23H39N5O3.HI/c1-20(18-31-19-21-8-5-4-6-9-21)16-25-23(26-17-22(29)27(2)3)24-10-7-11-28-12-14-30-15-13-28;/h4-6,8-9,20H,7,10-19H2,1-3H3,(H2,24,25,26);1H. The van der Waals surface area contributed by atoms with E-state index in [0.29, 0.717) is 25.1 Å². The monoisotopic (exact) mass is 561 g/mol. The molecule has 9 heteroatoms. The van der Waals surface area contributed by atoms with E-state index in [0.717, 1.165) is 52.4 Å². The number of carbonyl (C=O) groups excluding carboxylic acids is 1. The molecule has 1 aliphatic heterocycles. The van der Waals surface area contributed by atoms with Crippen molar-refractivity contribution in [3.63, 3.8) is 0 Å². The maximum atomic E-state index is 11.9. The smallest absolute Gasteiger partial charge is 0.243 e. The normalized spacial score (nSPS) is 15.5. The molecule has 8 nitrogen and oxygen atoms in total. The average molecular weight is 562 g/mol. The number of nitrogens with one attached hydrogen (secondary N) is 2. The fraction of sp³-hybridized carbons (Fsp3) is 0.652. The van der Waals surface area contributed by atoms with Gasteiger partial charge in [-0.05, 0) is 24.4 Å². The Bertz CT molecular complexity index is 654. The van der Waals surface area contributed by atoms with Gasteiger partial charge in [-0.1, -0.05) is 37.3 Å². The lowest BCUT2D eigenvalue weighted by Gasteiger charge is -2.26. The highest BCUT2D eigenvalue weighted by Gasteiger charge is 2.10. The van der Waals surface area contributed by atoms with Gasteiger partial charge >= 0.3 is 0 Å². The first-order chi connectivity index (χ1) is 15.0. The molecule has 182 valence electrons. The number of aliphatic imine (C=N–C) groups is 1. The summed E-state index contributed by atoms with van der Waals surface area (Å²) in [6.07, 6.45) is 1.01. The Balaban J connectivity index is 0.00000512. The molecule has 0 spiro atoms. The lowest BCUT2D eigenvalue weighted by Crippen LogP contribution is -2.42. The van der Waals surface area contributed by atoms with Crippen molar-refractivity contribution < 1.29 is 14.3 Å². The minimum Gasteiger partial charge on any atom is -0.379 e. The molecule has 1 unspecified atom stereocenters. The van der Waals surface area contributed by atoms with Crippen molar-refractivity contribution in [3.8, 4) is 0 Å². The maximum Gasteiger partial charge on any atom is 0.243 e. The van der Waals surface area contributed by atoms with Gasteiger partial charge in [-0.2, -0.15) is 0 Å². The van der Waals surface area contributed by atoms with E-state index in [1.165, 1.54) is 5.56 Å². The molecule has 0 bridgehead atoms. The van der Waals surface area contributed by atoms with Crippen LogP contribution in [-0.4, -0.2) is 94.9 Å². The van der Waals surface area contributed by atoms with Gasteiger partial charge < -0.3 is 25.0 Å². The van der Waals surface area contributed by atoms with Crippen molar-refractivity contribution in [3.05, 3.63) is 35.9 Å². The molecule has 1 amide bonds.